The van der Waals surface area contributed by atoms with Crippen molar-refractivity contribution < 1.29 is 24.2 Å². The van der Waals surface area contributed by atoms with Crippen molar-refractivity contribution in [3.8, 4) is 11.5 Å². The Balaban J connectivity index is 2.10. The van der Waals surface area contributed by atoms with E-state index in [1.54, 1.807) is 37.3 Å². The van der Waals surface area contributed by atoms with E-state index in [-0.39, 0.29) is 17.7 Å². The summed E-state index contributed by atoms with van der Waals surface area (Å²) in [7, 11) is 0. The Morgan fingerprint density at radius 3 is 2.88 bits per heavy atom. The molecule has 0 spiro atoms. The Bertz CT molecular complexity index is 870. The number of aryl methyl sites for hydroxylation is 1. The Labute approximate surface area is 136 Å². The molecule has 24 heavy (non-hydrogen) atoms. The van der Waals surface area contributed by atoms with Crippen LogP contribution in [0.15, 0.2) is 35.1 Å². The molecule has 1 aliphatic rings. The average molecular weight is 329 g/mol. The van der Waals surface area contributed by atoms with E-state index >= 15 is 0 Å². The third-order valence-electron chi connectivity index (χ3n) is 3.76. The Hall–Kier alpha value is -3.09. The van der Waals surface area contributed by atoms with Crippen molar-refractivity contribution >= 4 is 11.9 Å². The van der Waals surface area contributed by atoms with Gasteiger partial charge in [-0.05, 0) is 13.0 Å². The van der Waals surface area contributed by atoms with Crippen molar-refractivity contribution in [2.45, 2.75) is 19.3 Å². The second kappa shape index (κ2) is 6.19. The van der Waals surface area contributed by atoms with Gasteiger partial charge in [-0.15, -0.1) is 0 Å². The van der Waals surface area contributed by atoms with E-state index in [1.165, 1.54) is 0 Å². The van der Waals surface area contributed by atoms with Gasteiger partial charge in [0.2, 0.25) is 0 Å². The summed E-state index contributed by atoms with van der Waals surface area (Å²) >= 11 is 0. The lowest BCUT2D eigenvalue weighted by atomic mass is 9.86. The summed E-state index contributed by atoms with van der Waals surface area (Å²) in [6.07, 6.45) is -0.0212. The van der Waals surface area contributed by atoms with E-state index in [9.17, 15) is 14.4 Å². The molecule has 0 saturated carbocycles. The van der Waals surface area contributed by atoms with Crippen LogP contribution in [-0.2, 0) is 9.59 Å². The zero-order valence-corrected chi connectivity index (χ0v) is 12.9. The van der Waals surface area contributed by atoms with Crippen molar-refractivity contribution in [3.05, 3.63) is 57.5 Å². The number of hydrogen-bond acceptors (Lipinski definition) is 5. The van der Waals surface area contributed by atoms with Crippen LogP contribution < -0.4 is 15.0 Å². The molecule has 2 aromatic rings. The number of nitrogens with one attached hydrogen (secondary N) is 1. The standard InChI is InChI=1S/C17H15NO6/c1-9-6-13-16(17(22)18-9)11(7-15(21)24-13)10-4-2-3-5-12(10)23-8-14(19)20/h2-6,11H,7-8H2,1H3,(H,18,22)(H,19,20)/t11-/m0/s1. The van der Waals surface area contributed by atoms with Crippen molar-refractivity contribution in [3.63, 3.8) is 0 Å². The number of hydrogen-bond donors (Lipinski definition) is 2. The largest absolute Gasteiger partial charge is 0.482 e. The summed E-state index contributed by atoms with van der Waals surface area (Å²) in [5.74, 6) is -1.57. The number of carboxylic acids is 1. The van der Waals surface area contributed by atoms with E-state index in [4.69, 9.17) is 14.6 Å². The highest BCUT2D eigenvalue weighted by atomic mass is 16.5. The van der Waals surface area contributed by atoms with Gasteiger partial charge in [-0.25, -0.2) is 4.79 Å². The van der Waals surface area contributed by atoms with Crippen LogP contribution >= 0.6 is 0 Å². The predicted molar refractivity (Wildman–Crippen MR) is 83.5 cm³/mol. The number of para-hydroxylation sites is 1. The lowest BCUT2D eigenvalue weighted by Crippen LogP contribution is -2.28. The number of fused-ring (bicyclic) bond motifs is 1. The number of esters is 1. The number of rotatable bonds is 4. The van der Waals surface area contributed by atoms with Gasteiger partial charge in [-0.3, -0.25) is 9.59 Å². The second-order valence-corrected chi connectivity index (χ2v) is 5.51. The molecule has 7 heteroatoms. The number of aliphatic carboxylic acids is 1. The first-order chi connectivity index (χ1) is 11.5. The normalized spacial score (nSPS) is 16.2. The summed E-state index contributed by atoms with van der Waals surface area (Å²) in [6, 6.07) is 8.36. The maximum atomic E-state index is 12.4. The van der Waals surface area contributed by atoms with Crippen LogP contribution in [0.2, 0.25) is 0 Å². The van der Waals surface area contributed by atoms with Crippen LogP contribution in [0.25, 0.3) is 0 Å². The first-order valence-electron chi connectivity index (χ1n) is 7.33. The number of carbonyl (C=O) groups excluding carboxylic acids is 1. The minimum atomic E-state index is -1.11. The zero-order chi connectivity index (χ0) is 17.3. The first-order valence-corrected chi connectivity index (χ1v) is 7.33. The maximum Gasteiger partial charge on any atom is 0.341 e. The Kier molecular flexibility index (Phi) is 4.07. The van der Waals surface area contributed by atoms with E-state index in [0.717, 1.165) is 0 Å². The molecule has 0 unspecified atom stereocenters. The third-order valence-corrected chi connectivity index (χ3v) is 3.76. The molecule has 0 saturated heterocycles. The molecular weight excluding hydrogens is 314 g/mol. The molecule has 1 aromatic carbocycles. The molecule has 124 valence electrons. The summed E-state index contributed by atoms with van der Waals surface area (Å²) in [6.45, 7) is 1.19. The quantitative estimate of drug-likeness (QED) is 0.825. The van der Waals surface area contributed by atoms with E-state index < -0.39 is 24.5 Å². The SMILES string of the molecule is Cc1cc2c(c(=O)[nH]1)[C@H](c1ccccc1OCC(=O)O)CC(=O)O2. The number of H-pyrrole nitrogens is 1. The number of carboxylic acid groups (broad SMARTS) is 1. The monoisotopic (exact) mass is 329 g/mol. The minimum Gasteiger partial charge on any atom is -0.482 e. The highest BCUT2D eigenvalue weighted by molar-refractivity contribution is 5.78. The van der Waals surface area contributed by atoms with Gasteiger partial charge in [0.15, 0.2) is 6.61 Å². The molecule has 1 atom stereocenters. The number of ether oxygens (including phenoxy) is 2. The van der Waals surface area contributed by atoms with Gasteiger partial charge in [-0.1, -0.05) is 18.2 Å². The fourth-order valence-corrected chi connectivity index (χ4v) is 2.82. The molecule has 0 aliphatic carbocycles. The fraction of sp³-hybridized carbons (Fsp3) is 0.235. The molecule has 3 rings (SSSR count). The average Bonchev–Trinajstić information content (AvgIpc) is 2.51. The summed E-state index contributed by atoms with van der Waals surface area (Å²) < 4.78 is 10.5. The van der Waals surface area contributed by atoms with Gasteiger partial charge >= 0.3 is 11.9 Å². The van der Waals surface area contributed by atoms with Crippen molar-refractivity contribution in [1.82, 2.24) is 4.98 Å². The van der Waals surface area contributed by atoms with E-state index in [0.29, 0.717) is 22.6 Å². The van der Waals surface area contributed by atoms with Gasteiger partial charge in [0.25, 0.3) is 5.56 Å². The smallest absolute Gasteiger partial charge is 0.341 e. The lowest BCUT2D eigenvalue weighted by Gasteiger charge is -2.25. The highest BCUT2D eigenvalue weighted by Gasteiger charge is 2.33. The minimum absolute atomic E-state index is 0.0212. The van der Waals surface area contributed by atoms with Crippen LogP contribution in [0.5, 0.6) is 11.5 Å². The molecule has 0 bridgehead atoms. The first kappa shape index (κ1) is 15.8. The topological polar surface area (TPSA) is 106 Å². The zero-order valence-electron chi connectivity index (χ0n) is 12.9. The fourth-order valence-electron chi connectivity index (χ4n) is 2.82. The Morgan fingerprint density at radius 2 is 2.12 bits per heavy atom. The molecule has 0 radical (unpaired) electrons. The molecule has 2 N–H and O–H groups in total. The van der Waals surface area contributed by atoms with Crippen LogP contribution in [0.1, 0.15) is 29.2 Å². The van der Waals surface area contributed by atoms with Crippen LogP contribution in [-0.4, -0.2) is 28.6 Å². The molecule has 1 aliphatic heterocycles. The van der Waals surface area contributed by atoms with Crippen LogP contribution in [0.4, 0.5) is 0 Å². The number of carbonyl (C=O) groups is 2. The molecule has 0 amide bonds. The van der Waals surface area contributed by atoms with Gasteiger partial charge in [0.05, 0.1) is 12.0 Å². The summed E-state index contributed by atoms with van der Waals surface area (Å²) in [5, 5.41) is 8.80. The van der Waals surface area contributed by atoms with Crippen LogP contribution in [0, 0.1) is 6.92 Å². The number of pyridine rings is 1. The molecule has 0 fully saturated rings. The molecule has 1 aromatic heterocycles. The Morgan fingerprint density at radius 1 is 1.38 bits per heavy atom. The molecular formula is C17H15NO6. The van der Waals surface area contributed by atoms with Crippen LogP contribution in [0.3, 0.4) is 0 Å². The van der Waals surface area contributed by atoms with E-state index in [2.05, 4.69) is 4.98 Å². The number of aromatic nitrogens is 1. The maximum absolute atomic E-state index is 12.4. The van der Waals surface area contributed by atoms with Crippen molar-refractivity contribution in [1.29, 1.82) is 0 Å². The summed E-state index contributed by atoms with van der Waals surface area (Å²) in [4.78, 5) is 37.8. The van der Waals surface area contributed by atoms with Gasteiger partial charge < -0.3 is 19.6 Å². The van der Waals surface area contributed by atoms with Gasteiger partial charge in [-0.2, -0.15) is 0 Å². The number of benzene rings is 1. The number of aromatic amines is 1. The van der Waals surface area contributed by atoms with Crippen molar-refractivity contribution in [2.75, 3.05) is 6.61 Å². The van der Waals surface area contributed by atoms with E-state index in [1.807, 2.05) is 0 Å². The molecule has 7 nitrogen and oxygen atoms in total. The summed E-state index contributed by atoms with van der Waals surface area (Å²) in [5.41, 5.74) is 1.16. The lowest BCUT2D eigenvalue weighted by molar-refractivity contribution is -0.139. The third kappa shape index (κ3) is 3.01. The van der Waals surface area contributed by atoms with Gasteiger partial charge in [0.1, 0.15) is 11.5 Å². The van der Waals surface area contributed by atoms with Crippen molar-refractivity contribution in [2.24, 2.45) is 0 Å². The second-order valence-electron chi connectivity index (χ2n) is 5.51. The van der Waals surface area contributed by atoms with Gasteiger partial charge in [0, 0.05) is 23.2 Å². The predicted octanol–water partition coefficient (Wildman–Crippen LogP) is 1.59. The highest BCUT2D eigenvalue weighted by Crippen LogP contribution is 2.40. The molecule has 2 heterocycles.